The van der Waals surface area contributed by atoms with E-state index in [1.54, 1.807) is 6.07 Å². The second-order valence-electron chi connectivity index (χ2n) is 8.72. The molecule has 1 fully saturated rings. The zero-order chi connectivity index (χ0) is 23.7. The minimum Gasteiger partial charge on any atom is -0.336 e. The number of hydrogen-bond donors (Lipinski definition) is 0. The van der Waals surface area contributed by atoms with Crippen LogP contribution in [-0.2, 0) is 13.1 Å². The maximum Gasteiger partial charge on any atom is 0.254 e. The third-order valence-corrected chi connectivity index (χ3v) is 6.50. The average molecular weight is 458 g/mol. The Hall–Kier alpha value is -3.58. The first-order chi connectivity index (χ1) is 16.5. The number of piperazine rings is 1. The molecule has 0 bridgehead atoms. The molecule has 6 nitrogen and oxygen atoms in total. The van der Waals surface area contributed by atoms with Crippen LogP contribution in [0.4, 0.5) is 4.39 Å². The van der Waals surface area contributed by atoms with Crippen LogP contribution in [0.25, 0.3) is 22.2 Å². The van der Waals surface area contributed by atoms with E-state index < -0.39 is 0 Å². The van der Waals surface area contributed by atoms with Gasteiger partial charge in [0.05, 0.1) is 22.5 Å². The molecule has 0 N–H and O–H groups in total. The molecule has 0 saturated carbocycles. The van der Waals surface area contributed by atoms with Gasteiger partial charge in [0.15, 0.2) is 0 Å². The van der Waals surface area contributed by atoms with Crippen LogP contribution in [-0.4, -0.2) is 56.7 Å². The number of para-hydroxylation sites is 1. The first kappa shape index (κ1) is 22.2. The number of nitrogens with zero attached hydrogens (tertiary/aromatic N) is 5. The van der Waals surface area contributed by atoms with Crippen LogP contribution < -0.4 is 0 Å². The molecule has 1 aliphatic rings. The van der Waals surface area contributed by atoms with Crippen LogP contribution >= 0.6 is 0 Å². The minimum absolute atomic E-state index is 0.00549. The number of aromatic nitrogens is 3. The van der Waals surface area contributed by atoms with E-state index in [9.17, 15) is 9.18 Å². The molecule has 0 radical (unpaired) electrons. The van der Waals surface area contributed by atoms with Gasteiger partial charge in [-0.2, -0.15) is 5.10 Å². The van der Waals surface area contributed by atoms with Gasteiger partial charge in [-0.05, 0) is 32.0 Å². The molecule has 174 valence electrons. The lowest BCUT2D eigenvalue weighted by Crippen LogP contribution is -2.48. The lowest BCUT2D eigenvalue weighted by atomic mass is 10.0. The van der Waals surface area contributed by atoms with E-state index in [1.807, 2.05) is 72.1 Å². The smallest absolute Gasteiger partial charge is 0.254 e. The summed E-state index contributed by atoms with van der Waals surface area (Å²) in [4.78, 5) is 22.6. The molecule has 0 aliphatic carbocycles. The lowest BCUT2D eigenvalue weighted by Gasteiger charge is -2.35. The highest BCUT2D eigenvalue weighted by atomic mass is 19.1. The fraction of sp³-hybridized carbons (Fsp3) is 0.296. The van der Waals surface area contributed by atoms with Gasteiger partial charge in [0.25, 0.3) is 5.91 Å². The Balaban J connectivity index is 1.40. The minimum atomic E-state index is -0.182. The highest BCUT2D eigenvalue weighted by Gasteiger charge is 2.25. The van der Waals surface area contributed by atoms with Crippen molar-refractivity contribution in [3.63, 3.8) is 0 Å². The highest BCUT2D eigenvalue weighted by Crippen LogP contribution is 2.28. The highest BCUT2D eigenvalue weighted by molar-refractivity contribution is 6.07. The molecule has 2 aromatic heterocycles. The van der Waals surface area contributed by atoms with Gasteiger partial charge < -0.3 is 4.90 Å². The summed E-state index contributed by atoms with van der Waals surface area (Å²) in [7, 11) is 0. The van der Waals surface area contributed by atoms with E-state index in [2.05, 4.69) is 10.00 Å². The fourth-order valence-electron chi connectivity index (χ4n) is 4.57. The van der Waals surface area contributed by atoms with Crippen LogP contribution in [0, 0.1) is 12.7 Å². The maximum absolute atomic E-state index is 14.0. The second-order valence-corrected chi connectivity index (χ2v) is 8.72. The van der Waals surface area contributed by atoms with Crippen LogP contribution in [0.3, 0.4) is 0 Å². The van der Waals surface area contributed by atoms with Gasteiger partial charge in [-0.3, -0.25) is 14.4 Å². The van der Waals surface area contributed by atoms with Crippen molar-refractivity contribution in [2.75, 3.05) is 26.2 Å². The van der Waals surface area contributed by atoms with Gasteiger partial charge in [-0.1, -0.05) is 36.4 Å². The van der Waals surface area contributed by atoms with Crippen LogP contribution in [0.1, 0.15) is 28.5 Å². The molecule has 7 heteroatoms. The van der Waals surface area contributed by atoms with Gasteiger partial charge in [-0.15, -0.1) is 0 Å². The molecule has 5 rings (SSSR count). The monoisotopic (exact) mass is 457 g/mol. The lowest BCUT2D eigenvalue weighted by molar-refractivity contribution is 0.0629. The van der Waals surface area contributed by atoms with Crippen molar-refractivity contribution in [3.05, 3.63) is 83.4 Å². The second kappa shape index (κ2) is 9.35. The third kappa shape index (κ3) is 4.31. The number of amides is 1. The predicted octanol–water partition coefficient (Wildman–Crippen LogP) is 4.52. The number of rotatable bonds is 5. The molecular formula is C27H28FN5O. The molecule has 0 atom stereocenters. The molecule has 34 heavy (non-hydrogen) atoms. The number of carbonyl (C=O) groups is 1. The number of halogens is 1. The predicted molar refractivity (Wildman–Crippen MR) is 131 cm³/mol. The van der Waals surface area contributed by atoms with Gasteiger partial charge in [0, 0.05) is 62.0 Å². The van der Waals surface area contributed by atoms with Gasteiger partial charge in [-0.25, -0.2) is 9.37 Å². The van der Waals surface area contributed by atoms with E-state index in [-0.39, 0.29) is 11.7 Å². The average Bonchev–Trinajstić information content (AvgIpc) is 3.25. The first-order valence-corrected chi connectivity index (χ1v) is 11.7. The van der Waals surface area contributed by atoms with Crippen molar-refractivity contribution in [1.29, 1.82) is 0 Å². The zero-order valence-corrected chi connectivity index (χ0v) is 19.5. The van der Waals surface area contributed by atoms with E-state index in [0.717, 1.165) is 34.4 Å². The number of carbonyl (C=O) groups excluding carboxylic acids is 1. The molecular weight excluding hydrogens is 429 g/mol. The Kier molecular flexibility index (Phi) is 6.11. The molecule has 0 spiro atoms. The van der Waals surface area contributed by atoms with Crippen LogP contribution in [0.2, 0.25) is 0 Å². The van der Waals surface area contributed by atoms with Crippen LogP contribution in [0.15, 0.2) is 60.8 Å². The molecule has 1 aliphatic heterocycles. The SMILES string of the molecule is CCn1cc(-c2cc(C(=O)N3CCN(Cc4ccccc4F)CC3)c3ccccc3n2)c(C)n1. The fourth-order valence-corrected chi connectivity index (χ4v) is 4.57. The maximum atomic E-state index is 14.0. The number of hydrogen-bond acceptors (Lipinski definition) is 4. The summed E-state index contributed by atoms with van der Waals surface area (Å²) < 4.78 is 15.9. The van der Waals surface area contributed by atoms with Crippen LogP contribution in [0.5, 0.6) is 0 Å². The van der Waals surface area contributed by atoms with Gasteiger partial charge in [0.1, 0.15) is 5.82 Å². The Morgan fingerprint density at radius 2 is 1.76 bits per heavy atom. The Labute approximate surface area is 198 Å². The van der Waals surface area contributed by atoms with Crippen molar-refractivity contribution < 1.29 is 9.18 Å². The summed E-state index contributed by atoms with van der Waals surface area (Å²) in [5.41, 5.74) is 4.74. The summed E-state index contributed by atoms with van der Waals surface area (Å²) in [6.07, 6.45) is 1.99. The number of fused-ring (bicyclic) bond motifs is 1. The van der Waals surface area contributed by atoms with E-state index in [1.165, 1.54) is 6.07 Å². The molecule has 2 aromatic carbocycles. The quantitative estimate of drug-likeness (QED) is 0.442. The Bertz CT molecular complexity index is 1340. The molecule has 1 saturated heterocycles. The van der Waals surface area contributed by atoms with E-state index in [4.69, 9.17) is 4.98 Å². The molecule has 4 aromatic rings. The Morgan fingerprint density at radius 3 is 2.50 bits per heavy atom. The molecule has 3 heterocycles. The number of aryl methyl sites for hydroxylation is 2. The number of benzene rings is 2. The Morgan fingerprint density at radius 1 is 1.03 bits per heavy atom. The van der Waals surface area contributed by atoms with Crippen molar-refractivity contribution >= 4 is 16.8 Å². The summed E-state index contributed by atoms with van der Waals surface area (Å²) in [5, 5.41) is 5.40. The third-order valence-electron chi connectivity index (χ3n) is 6.50. The van der Waals surface area contributed by atoms with Crippen molar-refractivity contribution in [1.82, 2.24) is 24.6 Å². The first-order valence-electron chi connectivity index (χ1n) is 11.7. The van der Waals surface area contributed by atoms with Crippen molar-refractivity contribution in [2.24, 2.45) is 0 Å². The summed E-state index contributed by atoms with van der Waals surface area (Å²) in [6, 6.07) is 16.6. The normalized spacial score (nSPS) is 14.6. The largest absolute Gasteiger partial charge is 0.336 e. The summed E-state index contributed by atoms with van der Waals surface area (Å²) in [5.74, 6) is -0.176. The molecule has 1 amide bonds. The summed E-state index contributed by atoms with van der Waals surface area (Å²) >= 11 is 0. The topological polar surface area (TPSA) is 54.3 Å². The van der Waals surface area contributed by atoms with E-state index in [0.29, 0.717) is 43.9 Å². The standard InChI is InChI=1S/C27H28FN5O/c1-3-33-18-23(19(2)30-33)26-16-22(21-9-5-7-11-25(21)29-26)27(34)32-14-12-31(13-15-32)17-20-8-4-6-10-24(20)28/h4-11,16,18H,3,12-15,17H2,1-2H3. The van der Waals surface area contributed by atoms with Crippen molar-refractivity contribution in [2.45, 2.75) is 26.9 Å². The van der Waals surface area contributed by atoms with E-state index >= 15 is 0 Å². The zero-order valence-electron chi connectivity index (χ0n) is 19.5. The van der Waals surface area contributed by atoms with Gasteiger partial charge >= 0.3 is 0 Å². The summed E-state index contributed by atoms with van der Waals surface area (Å²) in [6.45, 7) is 7.96. The van der Waals surface area contributed by atoms with Crippen molar-refractivity contribution in [3.8, 4) is 11.3 Å². The number of pyridine rings is 1. The van der Waals surface area contributed by atoms with Gasteiger partial charge in [0.2, 0.25) is 0 Å². The molecule has 0 unspecified atom stereocenters.